The number of fused-ring (bicyclic) bond motifs is 1. The van der Waals surface area contributed by atoms with Gasteiger partial charge in [-0.2, -0.15) is 0 Å². The van der Waals surface area contributed by atoms with E-state index >= 15 is 0 Å². The summed E-state index contributed by atoms with van der Waals surface area (Å²) in [5, 5.41) is 0.828. The Morgan fingerprint density at radius 2 is 1.68 bits per heavy atom. The maximum atomic E-state index is 11.4. The fourth-order valence-corrected chi connectivity index (χ4v) is 2.61. The Bertz CT molecular complexity index is 765. The SMILES string of the molecule is COc1c(B2OC(C)(C)C(C)(C)O2)ccc2[nH]c(=O)ccc12. The summed E-state index contributed by atoms with van der Waals surface area (Å²) < 4.78 is 17.7. The quantitative estimate of drug-likeness (QED) is 0.860. The lowest BCUT2D eigenvalue weighted by Gasteiger charge is -2.32. The Morgan fingerprint density at radius 3 is 2.27 bits per heavy atom. The average molecular weight is 301 g/mol. The van der Waals surface area contributed by atoms with Crippen molar-refractivity contribution < 1.29 is 14.0 Å². The average Bonchev–Trinajstić information content (AvgIpc) is 2.65. The third kappa shape index (κ3) is 2.23. The van der Waals surface area contributed by atoms with Gasteiger partial charge in [-0.15, -0.1) is 0 Å². The monoisotopic (exact) mass is 301 g/mol. The number of benzene rings is 1. The van der Waals surface area contributed by atoms with E-state index < -0.39 is 18.3 Å². The zero-order valence-electron chi connectivity index (χ0n) is 13.5. The lowest BCUT2D eigenvalue weighted by atomic mass is 9.77. The summed E-state index contributed by atoms with van der Waals surface area (Å²) in [5.41, 5.74) is 0.578. The largest absolute Gasteiger partial charge is 0.498 e. The number of nitrogens with one attached hydrogen (secondary N) is 1. The van der Waals surface area contributed by atoms with Crippen LogP contribution >= 0.6 is 0 Å². The molecule has 5 nitrogen and oxygen atoms in total. The predicted octanol–water partition coefficient (Wildman–Crippen LogP) is 1.84. The Hall–Kier alpha value is -1.79. The first-order valence-electron chi connectivity index (χ1n) is 7.31. The topological polar surface area (TPSA) is 60.6 Å². The van der Waals surface area contributed by atoms with Crippen LogP contribution in [0.2, 0.25) is 0 Å². The van der Waals surface area contributed by atoms with Gasteiger partial charge in [0.25, 0.3) is 0 Å². The van der Waals surface area contributed by atoms with Crippen molar-refractivity contribution in [2.45, 2.75) is 38.9 Å². The molecule has 1 aliphatic heterocycles. The van der Waals surface area contributed by atoms with E-state index in [2.05, 4.69) is 4.98 Å². The Balaban J connectivity index is 2.13. The summed E-state index contributed by atoms with van der Waals surface area (Å²) >= 11 is 0. The highest BCUT2D eigenvalue weighted by Gasteiger charge is 2.52. The van der Waals surface area contributed by atoms with Gasteiger partial charge >= 0.3 is 7.12 Å². The van der Waals surface area contributed by atoms with E-state index in [0.29, 0.717) is 5.75 Å². The number of aromatic nitrogens is 1. The van der Waals surface area contributed by atoms with Crippen LogP contribution in [0.4, 0.5) is 0 Å². The molecule has 0 aliphatic carbocycles. The summed E-state index contributed by atoms with van der Waals surface area (Å²) in [4.78, 5) is 14.2. The zero-order chi connectivity index (χ0) is 16.1. The van der Waals surface area contributed by atoms with Gasteiger partial charge in [-0.1, -0.05) is 6.07 Å². The third-order valence-corrected chi connectivity index (χ3v) is 4.60. The molecule has 1 saturated heterocycles. The van der Waals surface area contributed by atoms with Gasteiger partial charge in [0.1, 0.15) is 5.75 Å². The van der Waals surface area contributed by atoms with Crippen molar-refractivity contribution in [2.24, 2.45) is 0 Å². The van der Waals surface area contributed by atoms with Crippen molar-refractivity contribution >= 4 is 23.5 Å². The molecule has 1 N–H and O–H groups in total. The summed E-state index contributed by atoms with van der Waals surface area (Å²) in [5.74, 6) is 0.659. The second-order valence-corrected chi connectivity index (χ2v) is 6.56. The maximum Gasteiger partial charge on any atom is 0.498 e. The number of hydrogen-bond acceptors (Lipinski definition) is 4. The van der Waals surface area contributed by atoms with Crippen LogP contribution in [0.3, 0.4) is 0 Å². The third-order valence-electron chi connectivity index (χ3n) is 4.60. The molecule has 0 bridgehead atoms. The molecule has 6 heteroatoms. The van der Waals surface area contributed by atoms with Crippen LogP contribution < -0.4 is 15.8 Å². The number of methoxy groups -OCH3 is 1. The Morgan fingerprint density at radius 1 is 1.05 bits per heavy atom. The second-order valence-electron chi connectivity index (χ2n) is 6.56. The summed E-state index contributed by atoms with van der Waals surface area (Å²) in [6.45, 7) is 8.05. The van der Waals surface area contributed by atoms with Gasteiger partial charge in [-0.05, 0) is 39.8 Å². The van der Waals surface area contributed by atoms with E-state index in [1.165, 1.54) is 6.07 Å². The first-order chi connectivity index (χ1) is 10.2. The van der Waals surface area contributed by atoms with Gasteiger partial charge in [0, 0.05) is 16.9 Å². The number of aromatic amines is 1. The van der Waals surface area contributed by atoms with Crippen LogP contribution in [0, 0.1) is 0 Å². The maximum absolute atomic E-state index is 11.4. The van der Waals surface area contributed by atoms with E-state index in [0.717, 1.165) is 16.4 Å². The molecule has 0 radical (unpaired) electrons. The van der Waals surface area contributed by atoms with E-state index in [9.17, 15) is 4.79 Å². The minimum atomic E-state index is -0.503. The number of hydrogen-bond donors (Lipinski definition) is 1. The lowest BCUT2D eigenvalue weighted by molar-refractivity contribution is 0.00578. The fraction of sp³-hybridized carbons (Fsp3) is 0.438. The van der Waals surface area contributed by atoms with Crippen molar-refractivity contribution in [1.29, 1.82) is 0 Å². The molecule has 0 saturated carbocycles. The normalized spacial score (nSPS) is 19.6. The van der Waals surface area contributed by atoms with Crippen molar-refractivity contribution in [3.63, 3.8) is 0 Å². The highest BCUT2D eigenvalue weighted by Crippen LogP contribution is 2.37. The molecule has 3 rings (SSSR count). The highest BCUT2D eigenvalue weighted by atomic mass is 16.7. The minimum Gasteiger partial charge on any atom is -0.496 e. The van der Waals surface area contributed by atoms with Crippen LogP contribution in [0.15, 0.2) is 29.1 Å². The molecule has 1 aliphatic rings. The molecular weight excluding hydrogens is 281 g/mol. The molecule has 0 spiro atoms. The van der Waals surface area contributed by atoms with Crippen LogP contribution in [-0.2, 0) is 9.31 Å². The number of rotatable bonds is 2. The molecule has 1 aromatic carbocycles. The van der Waals surface area contributed by atoms with Crippen molar-refractivity contribution in [2.75, 3.05) is 7.11 Å². The Labute approximate surface area is 129 Å². The van der Waals surface area contributed by atoms with Crippen molar-refractivity contribution in [3.8, 4) is 5.75 Å². The van der Waals surface area contributed by atoms with E-state index in [1.54, 1.807) is 13.2 Å². The van der Waals surface area contributed by atoms with Crippen molar-refractivity contribution in [1.82, 2.24) is 4.98 Å². The standard InChI is InChI=1S/C16H20BNO4/c1-15(2)16(3,4)22-17(21-15)11-7-8-12-10(14(11)20-5)6-9-13(19)18-12/h6-9H,1-5H3,(H,18,19). The van der Waals surface area contributed by atoms with E-state index in [1.807, 2.05) is 39.8 Å². The molecule has 1 fully saturated rings. The lowest BCUT2D eigenvalue weighted by Crippen LogP contribution is -2.41. The molecule has 0 unspecified atom stereocenters. The molecular formula is C16H20BNO4. The smallest absolute Gasteiger partial charge is 0.496 e. The first kappa shape index (κ1) is 15.1. The molecule has 116 valence electrons. The molecule has 0 amide bonds. The predicted molar refractivity (Wildman–Crippen MR) is 86.8 cm³/mol. The second kappa shape index (κ2) is 4.86. The molecule has 22 heavy (non-hydrogen) atoms. The number of H-pyrrole nitrogens is 1. The van der Waals surface area contributed by atoms with Crippen LogP contribution in [0.25, 0.3) is 10.9 Å². The zero-order valence-corrected chi connectivity index (χ0v) is 13.5. The van der Waals surface area contributed by atoms with Gasteiger partial charge in [-0.25, -0.2) is 0 Å². The first-order valence-corrected chi connectivity index (χ1v) is 7.31. The van der Waals surface area contributed by atoms with Gasteiger partial charge in [0.05, 0.1) is 23.8 Å². The number of ether oxygens (including phenoxy) is 1. The van der Waals surface area contributed by atoms with E-state index in [4.69, 9.17) is 14.0 Å². The van der Waals surface area contributed by atoms with E-state index in [-0.39, 0.29) is 5.56 Å². The molecule has 0 atom stereocenters. The van der Waals surface area contributed by atoms with Gasteiger partial charge in [-0.3, -0.25) is 4.79 Å². The van der Waals surface area contributed by atoms with Crippen LogP contribution in [0.1, 0.15) is 27.7 Å². The van der Waals surface area contributed by atoms with Crippen LogP contribution in [-0.4, -0.2) is 30.4 Å². The molecule has 2 heterocycles. The van der Waals surface area contributed by atoms with Crippen molar-refractivity contribution in [3.05, 3.63) is 34.6 Å². The summed E-state index contributed by atoms with van der Waals surface area (Å²) in [6.07, 6.45) is 0. The fourth-order valence-electron chi connectivity index (χ4n) is 2.61. The number of pyridine rings is 1. The summed E-state index contributed by atoms with van der Waals surface area (Å²) in [6, 6.07) is 6.96. The van der Waals surface area contributed by atoms with Gasteiger partial charge in [0.15, 0.2) is 0 Å². The minimum absolute atomic E-state index is 0.141. The molecule has 1 aromatic heterocycles. The Kier molecular flexibility index (Phi) is 3.34. The van der Waals surface area contributed by atoms with Gasteiger partial charge < -0.3 is 19.0 Å². The van der Waals surface area contributed by atoms with Gasteiger partial charge in [0.2, 0.25) is 5.56 Å². The van der Waals surface area contributed by atoms with Crippen LogP contribution in [0.5, 0.6) is 5.75 Å². The summed E-state index contributed by atoms with van der Waals surface area (Å²) in [7, 11) is 1.10. The highest BCUT2D eigenvalue weighted by molar-refractivity contribution is 6.63. The molecule has 2 aromatic rings.